The van der Waals surface area contributed by atoms with Crippen molar-refractivity contribution in [1.82, 2.24) is 5.32 Å². The molecular weight excluding hydrogens is 300 g/mol. The molecule has 1 heterocycles. The van der Waals surface area contributed by atoms with Gasteiger partial charge in [0.15, 0.2) is 0 Å². The highest BCUT2D eigenvalue weighted by atomic mass is 35.5. The lowest BCUT2D eigenvalue weighted by Crippen LogP contribution is -2.23. The SMILES string of the molecule is O=C1CCc2cc(CNC(=O)c3ccc(Cl)cc3)ccc2N1. The summed E-state index contributed by atoms with van der Waals surface area (Å²) in [5, 5.41) is 6.33. The van der Waals surface area contributed by atoms with Crippen LogP contribution in [0.4, 0.5) is 5.69 Å². The van der Waals surface area contributed by atoms with Crippen molar-refractivity contribution in [1.29, 1.82) is 0 Å². The van der Waals surface area contributed by atoms with Crippen LogP contribution in [0, 0.1) is 0 Å². The molecule has 4 nitrogen and oxygen atoms in total. The predicted octanol–water partition coefficient (Wildman–Crippen LogP) is 3.15. The Labute approximate surface area is 133 Å². The summed E-state index contributed by atoms with van der Waals surface area (Å²) in [6.45, 7) is 0.447. The first kappa shape index (κ1) is 14.6. The van der Waals surface area contributed by atoms with E-state index in [9.17, 15) is 9.59 Å². The fourth-order valence-corrected chi connectivity index (χ4v) is 2.56. The second-order valence-corrected chi connectivity index (χ2v) is 5.67. The van der Waals surface area contributed by atoms with Gasteiger partial charge in [-0.05, 0) is 47.9 Å². The maximum Gasteiger partial charge on any atom is 0.251 e. The number of hydrogen-bond acceptors (Lipinski definition) is 2. The Balaban J connectivity index is 1.65. The first-order valence-corrected chi connectivity index (χ1v) is 7.45. The minimum atomic E-state index is -0.136. The van der Waals surface area contributed by atoms with Crippen molar-refractivity contribution in [3.63, 3.8) is 0 Å². The molecule has 2 aromatic rings. The summed E-state index contributed by atoms with van der Waals surface area (Å²) in [6, 6.07) is 12.6. The average Bonchev–Trinajstić information content (AvgIpc) is 2.53. The molecule has 3 rings (SSSR count). The van der Waals surface area contributed by atoms with E-state index < -0.39 is 0 Å². The summed E-state index contributed by atoms with van der Waals surface area (Å²) >= 11 is 5.81. The molecule has 0 fully saturated rings. The largest absolute Gasteiger partial charge is 0.348 e. The number of amides is 2. The molecular formula is C17H15ClN2O2. The van der Waals surface area contributed by atoms with Gasteiger partial charge < -0.3 is 10.6 Å². The molecule has 0 bridgehead atoms. The Morgan fingerprint density at radius 2 is 1.91 bits per heavy atom. The highest BCUT2D eigenvalue weighted by Gasteiger charge is 2.14. The number of rotatable bonds is 3. The van der Waals surface area contributed by atoms with Gasteiger partial charge in [-0.3, -0.25) is 9.59 Å². The van der Waals surface area contributed by atoms with E-state index in [0.717, 1.165) is 23.2 Å². The lowest BCUT2D eigenvalue weighted by Gasteiger charge is -2.17. The number of nitrogens with one attached hydrogen (secondary N) is 2. The first-order valence-electron chi connectivity index (χ1n) is 7.07. The van der Waals surface area contributed by atoms with Crippen molar-refractivity contribution in [2.45, 2.75) is 19.4 Å². The maximum atomic E-state index is 12.0. The summed E-state index contributed by atoms with van der Waals surface area (Å²) < 4.78 is 0. The van der Waals surface area contributed by atoms with Crippen LogP contribution < -0.4 is 10.6 Å². The predicted molar refractivity (Wildman–Crippen MR) is 86.0 cm³/mol. The van der Waals surface area contributed by atoms with Gasteiger partial charge in [0.25, 0.3) is 5.91 Å². The van der Waals surface area contributed by atoms with Crippen LogP contribution in [-0.2, 0) is 17.8 Å². The molecule has 0 aliphatic carbocycles. The Morgan fingerprint density at radius 3 is 2.68 bits per heavy atom. The Kier molecular flexibility index (Phi) is 4.11. The normalized spacial score (nSPS) is 13.2. The number of aryl methyl sites for hydroxylation is 1. The summed E-state index contributed by atoms with van der Waals surface area (Å²) in [5.41, 5.74) is 3.56. The van der Waals surface area contributed by atoms with Crippen LogP contribution in [0.2, 0.25) is 5.02 Å². The van der Waals surface area contributed by atoms with Crippen molar-refractivity contribution in [3.8, 4) is 0 Å². The molecule has 0 atom stereocenters. The van der Waals surface area contributed by atoms with Gasteiger partial charge in [0.2, 0.25) is 5.91 Å². The summed E-state index contributed by atoms with van der Waals surface area (Å²) in [6.07, 6.45) is 1.24. The monoisotopic (exact) mass is 314 g/mol. The molecule has 0 spiro atoms. The van der Waals surface area contributed by atoms with Gasteiger partial charge in [0.1, 0.15) is 0 Å². The number of carbonyl (C=O) groups is 2. The van der Waals surface area contributed by atoms with Crippen LogP contribution >= 0.6 is 11.6 Å². The van der Waals surface area contributed by atoms with E-state index in [0.29, 0.717) is 23.6 Å². The molecule has 2 aromatic carbocycles. The lowest BCUT2D eigenvalue weighted by molar-refractivity contribution is -0.116. The van der Waals surface area contributed by atoms with Crippen molar-refractivity contribution in [2.75, 3.05) is 5.32 Å². The Bertz CT molecular complexity index is 726. The summed E-state index contributed by atoms with van der Waals surface area (Å²) in [4.78, 5) is 23.4. The number of fused-ring (bicyclic) bond motifs is 1. The van der Waals surface area contributed by atoms with Crippen LogP contribution in [0.3, 0.4) is 0 Å². The number of benzene rings is 2. The maximum absolute atomic E-state index is 12.0. The zero-order valence-corrected chi connectivity index (χ0v) is 12.6. The average molecular weight is 315 g/mol. The third-order valence-corrected chi connectivity index (χ3v) is 3.88. The fourth-order valence-electron chi connectivity index (χ4n) is 2.43. The Morgan fingerprint density at radius 1 is 1.14 bits per heavy atom. The molecule has 0 radical (unpaired) electrons. The fraction of sp³-hybridized carbons (Fsp3) is 0.176. The lowest BCUT2D eigenvalue weighted by atomic mass is 10.0. The summed E-state index contributed by atoms with van der Waals surface area (Å²) in [5.74, 6) is -0.0843. The quantitative estimate of drug-likeness (QED) is 0.914. The number of halogens is 1. The molecule has 0 saturated heterocycles. The Hall–Kier alpha value is -2.33. The third kappa shape index (κ3) is 3.28. The van der Waals surface area contributed by atoms with Crippen molar-refractivity contribution < 1.29 is 9.59 Å². The van der Waals surface area contributed by atoms with Crippen molar-refractivity contribution in [3.05, 3.63) is 64.2 Å². The highest BCUT2D eigenvalue weighted by molar-refractivity contribution is 6.30. The van der Waals surface area contributed by atoms with E-state index in [1.807, 2.05) is 18.2 Å². The molecule has 0 aromatic heterocycles. The van der Waals surface area contributed by atoms with Crippen LogP contribution in [0.25, 0.3) is 0 Å². The summed E-state index contributed by atoms with van der Waals surface area (Å²) in [7, 11) is 0. The van der Waals surface area contributed by atoms with Gasteiger partial charge in [-0.2, -0.15) is 0 Å². The molecule has 5 heteroatoms. The van der Waals surface area contributed by atoms with Gasteiger partial charge >= 0.3 is 0 Å². The molecule has 22 heavy (non-hydrogen) atoms. The van der Waals surface area contributed by atoms with E-state index >= 15 is 0 Å². The molecule has 0 saturated carbocycles. The van der Waals surface area contributed by atoms with Gasteiger partial charge in [-0.15, -0.1) is 0 Å². The zero-order chi connectivity index (χ0) is 15.5. The van der Waals surface area contributed by atoms with Crippen molar-refractivity contribution >= 4 is 29.1 Å². The number of hydrogen-bond donors (Lipinski definition) is 2. The second kappa shape index (κ2) is 6.20. The molecule has 1 aliphatic rings. The van der Waals surface area contributed by atoms with Crippen LogP contribution in [0.5, 0.6) is 0 Å². The van der Waals surface area contributed by atoms with E-state index in [-0.39, 0.29) is 11.8 Å². The minimum absolute atomic E-state index is 0.0521. The molecule has 2 N–H and O–H groups in total. The number of anilines is 1. The van der Waals surface area contributed by atoms with Gasteiger partial charge in [-0.25, -0.2) is 0 Å². The van der Waals surface area contributed by atoms with Crippen LogP contribution in [0.15, 0.2) is 42.5 Å². The first-order chi connectivity index (χ1) is 10.6. The molecule has 112 valence electrons. The second-order valence-electron chi connectivity index (χ2n) is 5.23. The van der Waals surface area contributed by atoms with E-state index in [2.05, 4.69) is 10.6 Å². The van der Waals surface area contributed by atoms with Crippen LogP contribution in [-0.4, -0.2) is 11.8 Å². The third-order valence-electron chi connectivity index (χ3n) is 3.62. The minimum Gasteiger partial charge on any atom is -0.348 e. The smallest absolute Gasteiger partial charge is 0.251 e. The van der Waals surface area contributed by atoms with Gasteiger partial charge in [-0.1, -0.05) is 23.7 Å². The van der Waals surface area contributed by atoms with E-state index in [4.69, 9.17) is 11.6 Å². The topological polar surface area (TPSA) is 58.2 Å². The standard InChI is InChI=1S/C17H15ClN2O2/c18-14-5-2-12(3-6-14)17(22)19-10-11-1-7-15-13(9-11)4-8-16(21)20-15/h1-3,5-7,9H,4,8,10H2,(H,19,22)(H,20,21). The van der Waals surface area contributed by atoms with Crippen LogP contribution in [0.1, 0.15) is 27.9 Å². The van der Waals surface area contributed by atoms with E-state index in [1.54, 1.807) is 24.3 Å². The highest BCUT2D eigenvalue weighted by Crippen LogP contribution is 2.23. The molecule has 1 aliphatic heterocycles. The number of carbonyl (C=O) groups excluding carboxylic acids is 2. The van der Waals surface area contributed by atoms with Gasteiger partial charge in [0.05, 0.1) is 0 Å². The zero-order valence-electron chi connectivity index (χ0n) is 11.9. The van der Waals surface area contributed by atoms with Crippen molar-refractivity contribution in [2.24, 2.45) is 0 Å². The molecule has 2 amide bonds. The molecule has 0 unspecified atom stereocenters. The van der Waals surface area contributed by atoms with E-state index in [1.165, 1.54) is 0 Å². The van der Waals surface area contributed by atoms with Gasteiger partial charge in [0, 0.05) is 29.2 Å².